The molecule has 3 fully saturated rings. The van der Waals surface area contributed by atoms with Crippen molar-refractivity contribution in [1.82, 2.24) is 30.1 Å². The van der Waals surface area contributed by atoms with Gasteiger partial charge in [0.25, 0.3) is 0 Å². The van der Waals surface area contributed by atoms with E-state index in [0.29, 0.717) is 24.8 Å². The van der Waals surface area contributed by atoms with E-state index >= 15 is 0 Å². The molecule has 13 nitrogen and oxygen atoms in total. The van der Waals surface area contributed by atoms with Crippen molar-refractivity contribution in [2.45, 2.75) is 76.1 Å². The number of para-hydroxylation sites is 1. The molecule has 0 unspecified atom stereocenters. The average Bonchev–Trinajstić information content (AvgIpc) is 3.77. The first kappa shape index (κ1) is 31.3. The zero-order valence-corrected chi connectivity index (χ0v) is 25.1. The Bertz CT molecular complexity index is 1440. The summed E-state index contributed by atoms with van der Waals surface area (Å²) in [5.41, 5.74) is 0.145. The molecule has 13 heteroatoms. The lowest BCUT2D eigenvalue weighted by molar-refractivity contribution is -0.160. The van der Waals surface area contributed by atoms with E-state index in [4.69, 9.17) is 9.47 Å². The monoisotopic (exact) mass is 608 g/mol. The molecule has 0 radical (unpaired) electrons. The number of ether oxygens (including phenoxy) is 2. The van der Waals surface area contributed by atoms with E-state index in [1.807, 2.05) is 24.3 Å². The molecule has 0 aliphatic carbocycles. The predicted octanol–water partition coefficient (Wildman–Crippen LogP) is 1.17. The summed E-state index contributed by atoms with van der Waals surface area (Å²) in [5.74, 6) is -3.49. The van der Waals surface area contributed by atoms with Gasteiger partial charge >= 0.3 is 5.97 Å². The van der Waals surface area contributed by atoms with Gasteiger partial charge < -0.3 is 29.7 Å². The van der Waals surface area contributed by atoms with Crippen LogP contribution in [0.1, 0.15) is 39.5 Å². The van der Waals surface area contributed by atoms with Gasteiger partial charge in [-0.2, -0.15) is 0 Å². The van der Waals surface area contributed by atoms with E-state index in [1.54, 1.807) is 30.7 Å². The zero-order chi connectivity index (χ0) is 31.6. The standard InChI is InChI=1S/C31H40N6O7/c1-5-7-12-24(39)32-16-20(4)43-30(42)25-23-13-14-31(44-23)26(25)28(40)37(19(3)17-38)27(31)29(41)35(15-6-2)18-36-22-11-9-8-10-21(22)33-34-36/h5-6,8-11,19-20,23,25-27,38H,1-2,7,12-18H2,3-4H3,(H,32,39)/t19-,20+,23+,25-,26-,27+,31-/m1/s1. The predicted molar refractivity (Wildman–Crippen MR) is 158 cm³/mol. The number of benzene rings is 1. The van der Waals surface area contributed by atoms with Crippen LogP contribution in [0.5, 0.6) is 0 Å². The van der Waals surface area contributed by atoms with Crippen molar-refractivity contribution < 1.29 is 33.8 Å². The molecule has 236 valence electrons. The highest BCUT2D eigenvalue weighted by molar-refractivity contribution is 5.98. The molecule has 2 bridgehead atoms. The van der Waals surface area contributed by atoms with Gasteiger partial charge in [-0.15, -0.1) is 18.3 Å². The number of rotatable bonds is 14. The molecule has 0 saturated carbocycles. The molecular weight excluding hydrogens is 568 g/mol. The van der Waals surface area contributed by atoms with Gasteiger partial charge in [-0.05, 0) is 45.2 Å². The second-order valence-electron chi connectivity index (χ2n) is 11.8. The minimum absolute atomic E-state index is 0.0447. The molecule has 1 aromatic carbocycles. The number of nitrogens with one attached hydrogen (secondary N) is 1. The molecule has 5 rings (SSSR count). The fourth-order valence-corrected chi connectivity index (χ4v) is 6.83. The van der Waals surface area contributed by atoms with Crippen LogP contribution >= 0.6 is 0 Å². The van der Waals surface area contributed by atoms with Gasteiger partial charge in [0.15, 0.2) is 0 Å². The van der Waals surface area contributed by atoms with Crippen molar-refractivity contribution in [2.24, 2.45) is 11.8 Å². The number of hydrogen-bond donors (Lipinski definition) is 2. The molecular formula is C31H40N6O7. The van der Waals surface area contributed by atoms with Crippen molar-refractivity contribution >= 4 is 34.7 Å². The van der Waals surface area contributed by atoms with E-state index in [0.717, 1.165) is 5.52 Å². The number of hydrogen-bond acceptors (Lipinski definition) is 9. The second-order valence-corrected chi connectivity index (χ2v) is 11.8. The number of carbonyl (C=O) groups is 4. The van der Waals surface area contributed by atoms with Gasteiger partial charge in [0.2, 0.25) is 17.7 Å². The van der Waals surface area contributed by atoms with Crippen molar-refractivity contribution in [3.05, 3.63) is 49.6 Å². The normalized spacial score (nSPS) is 26.7. The molecule has 2 aromatic rings. The Morgan fingerprint density at radius 3 is 2.77 bits per heavy atom. The van der Waals surface area contributed by atoms with Gasteiger partial charge in [-0.25, -0.2) is 4.68 Å². The third-order valence-corrected chi connectivity index (χ3v) is 8.85. The van der Waals surface area contributed by atoms with Crippen molar-refractivity contribution in [3.8, 4) is 0 Å². The van der Waals surface area contributed by atoms with Gasteiger partial charge in [0.1, 0.15) is 29.9 Å². The lowest BCUT2D eigenvalue weighted by Gasteiger charge is -2.38. The number of aliphatic hydroxyl groups excluding tert-OH is 1. The van der Waals surface area contributed by atoms with Crippen LogP contribution in [0.2, 0.25) is 0 Å². The highest BCUT2D eigenvalue weighted by Gasteiger charge is 2.75. The maximum atomic E-state index is 14.5. The summed E-state index contributed by atoms with van der Waals surface area (Å²) in [6.07, 6.45) is 3.68. The first-order chi connectivity index (χ1) is 21.2. The second kappa shape index (κ2) is 12.9. The maximum Gasteiger partial charge on any atom is 0.312 e. The van der Waals surface area contributed by atoms with Gasteiger partial charge in [0.05, 0.1) is 42.6 Å². The Morgan fingerprint density at radius 2 is 2.05 bits per heavy atom. The topological polar surface area (TPSA) is 156 Å². The molecule has 44 heavy (non-hydrogen) atoms. The Kier molecular flexibility index (Phi) is 9.16. The molecule has 1 aromatic heterocycles. The minimum Gasteiger partial charge on any atom is -0.460 e. The van der Waals surface area contributed by atoms with Gasteiger partial charge in [-0.1, -0.05) is 29.5 Å². The molecule has 2 N–H and O–H groups in total. The Balaban J connectivity index is 1.40. The summed E-state index contributed by atoms with van der Waals surface area (Å²) in [7, 11) is 0. The van der Waals surface area contributed by atoms with Gasteiger partial charge in [-0.3, -0.25) is 19.2 Å². The van der Waals surface area contributed by atoms with Crippen molar-refractivity contribution in [2.75, 3.05) is 19.7 Å². The number of aromatic nitrogens is 3. The number of aliphatic hydroxyl groups is 1. The molecule has 7 atom stereocenters. The molecule has 1 spiro atoms. The number of likely N-dealkylation sites (tertiary alicyclic amines) is 1. The number of fused-ring (bicyclic) bond motifs is 2. The molecule has 3 aliphatic rings. The van der Waals surface area contributed by atoms with Crippen LogP contribution in [0.25, 0.3) is 11.0 Å². The highest BCUT2D eigenvalue weighted by atomic mass is 16.6. The fourth-order valence-electron chi connectivity index (χ4n) is 6.83. The van der Waals surface area contributed by atoms with Crippen LogP contribution in [-0.4, -0.2) is 103 Å². The summed E-state index contributed by atoms with van der Waals surface area (Å²) in [5, 5.41) is 21.3. The molecule has 3 aliphatic heterocycles. The van der Waals surface area contributed by atoms with Crippen LogP contribution in [0.3, 0.4) is 0 Å². The van der Waals surface area contributed by atoms with Crippen LogP contribution in [-0.2, 0) is 35.3 Å². The third kappa shape index (κ3) is 5.50. The quantitative estimate of drug-likeness (QED) is 0.237. The van der Waals surface area contributed by atoms with E-state index in [1.165, 1.54) is 9.80 Å². The highest BCUT2D eigenvalue weighted by Crippen LogP contribution is 2.59. The smallest absolute Gasteiger partial charge is 0.312 e. The summed E-state index contributed by atoms with van der Waals surface area (Å²) < 4.78 is 13.8. The van der Waals surface area contributed by atoms with Crippen LogP contribution in [0.15, 0.2) is 49.6 Å². The lowest BCUT2D eigenvalue weighted by Crippen LogP contribution is -2.58. The first-order valence-corrected chi connectivity index (χ1v) is 15.0. The van der Waals surface area contributed by atoms with Crippen molar-refractivity contribution in [1.29, 1.82) is 0 Å². The minimum atomic E-state index is -1.27. The SMILES string of the molecule is C=CCCC(=O)NC[C@H](C)OC(=O)[C@@H]1[C@@H]2CC[C@]3(O2)[C@H](C(=O)N(CC=C)Cn2nnc4ccccc42)N([C@H](C)CO)C(=O)[C@@H]13. The number of carbonyl (C=O) groups excluding carboxylic acids is 4. The Morgan fingerprint density at radius 1 is 1.27 bits per heavy atom. The summed E-state index contributed by atoms with van der Waals surface area (Å²) in [6.45, 7) is 10.7. The van der Waals surface area contributed by atoms with Crippen molar-refractivity contribution in [3.63, 3.8) is 0 Å². The molecule has 4 heterocycles. The van der Waals surface area contributed by atoms with Crippen LogP contribution in [0, 0.1) is 11.8 Å². The van der Waals surface area contributed by atoms with E-state index in [2.05, 4.69) is 28.8 Å². The summed E-state index contributed by atoms with van der Waals surface area (Å²) in [6, 6.07) is 5.59. The maximum absolute atomic E-state index is 14.5. The number of allylic oxidation sites excluding steroid dienone is 1. The number of nitrogens with zero attached hydrogens (tertiary/aromatic N) is 5. The molecule has 3 saturated heterocycles. The Labute approximate surface area is 255 Å². The molecule has 3 amide bonds. The van der Waals surface area contributed by atoms with E-state index < -0.39 is 59.5 Å². The lowest BCUT2D eigenvalue weighted by atomic mass is 9.70. The number of esters is 1. The van der Waals surface area contributed by atoms with Crippen LogP contribution < -0.4 is 5.32 Å². The summed E-state index contributed by atoms with van der Waals surface area (Å²) in [4.78, 5) is 57.1. The zero-order valence-electron chi connectivity index (χ0n) is 25.1. The fraction of sp³-hybridized carbons (Fsp3) is 0.548. The Hall–Kier alpha value is -4.10. The van der Waals surface area contributed by atoms with E-state index in [-0.39, 0.29) is 38.7 Å². The third-order valence-electron chi connectivity index (χ3n) is 8.85. The number of amides is 3. The first-order valence-electron chi connectivity index (χ1n) is 15.0. The van der Waals surface area contributed by atoms with Gasteiger partial charge in [0, 0.05) is 13.0 Å². The largest absolute Gasteiger partial charge is 0.460 e. The average molecular weight is 609 g/mol. The van der Waals surface area contributed by atoms with Crippen LogP contribution in [0.4, 0.5) is 0 Å². The summed E-state index contributed by atoms with van der Waals surface area (Å²) >= 11 is 0. The van der Waals surface area contributed by atoms with E-state index in [9.17, 15) is 24.3 Å².